The minimum atomic E-state index is -0.149. The lowest BCUT2D eigenvalue weighted by atomic mass is 9.97. The minimum Gasteiger partial charge on any atom is -0.274 e. The summed E-state index contributed by atoms with van der Waals surface area (Å²) in [6, 6.07) is 28.9. The zero-order chi connectivity index (χ0) is 26.1. The van der Waals surface area contributed by atoms with Crippen LogP contribution in [0.15, 0.2) is 84.9 Å². The molecule has 1 aromatic heterocycles. The fourth-order valence-corrected chi connectivity index (χ4v) is 7.04. The molecule has 0 saturated heterocycles. The number of nitrogens with zero attached hydrogens (tertiary/aromatic N) is 1. The topological polar surface area (TPSA) is 37.4 Å². The molecule has 2 heterocycles. The molecule has 0 fully saturated rings. The van der Waals surface area contributed by atoms with Crippen molar-refractivity contribution in [1.29, 1.82) is 0 Å². The van der Waals surface area contributed by atoms with Crippen LogP contribution in [0.25, 0.3) is 42.4 Å². The third kappa shape index (κ3) is 4.23. The van der Waals surface area contributed by atoms with Crippen LogP contribution in [0.1, 0.15) is 66.2 Å². The highest BCUT2D eigenvalue weighted by atomic mass is 32.1. The lowest BCUT2D eigenvalue weighted by molar-refractivity contribution is 0.0652. The van der Waals surface area contributed by atoms with Gasteiger partial charge in [0.15, 0.2) is 0 Å². The summed E-state index contributed by atoms with van der Waals surface area (Å²) in [6.45, 7) is 2.69. The van der Waals surface area contributed by atoms with E-state index in [0.717, 1.165) is 61.7 Å². The summed E-state index contributed by atoms with van der Waals surface area (Å²) in [5.41, 5.74) is 3.17. The number of benzene rings is 4. The van der Waals surface area contributed by atoms with Crippen molar-refractivity contribution in [2.75, 3.05) is 6.54 Å². The van der Waals surface area contributed by atoms with Gasteiger partial charge in [0, 0.05) is 27.4 Å². The van der Waals surface area contributed by atoms with Crippen molar-refractivity contribution in [2.45, 2.75) is 45.4 Å². The number of fused-ring (bicyclic) bond motifs is 3. The Morgan fingerprint density at radius 3 is 1.61 bits per heavy atom. The number of amides is 2. The third-order valence-corrected chi connectivity index (χ3v) is 8.89. The summed E-state index contributed by atoms with van der Waals surface area (Å²) in [5.74, 6) is -0.298. The first kappa shape index (κ1) is 24.6. The molecule has 190 valence electrons. The summed E-state index contributed by atoms with van der Waals surface area (Å²) in [5, 5.41) is 4.44. The molecular weight excluding hydrogens is 486 g/mol. The van der Waals surface area contributed by atoms with E-state index in [1.54, 1.807) is 11.3 Å². The van der Waals surface area contributed by atoms with E-state index < -0.39 is 0 Å². The van der Waals surface area contributed by atoms with Crippen molar-refractivity contribution in [3.63, 3.8) is 0 Å². The Morgan fingerprint density at radius 1 is 0.579 bits per heavy atom. The van der Waals surface area contributed by atoms with Gasteiger partial charge in [-0.15, -0.1) is 11.3 Å². The van der Waals surface area contributed by atoms with Crippen LogP contribution in [0.3, 0.4) is 0 Å². The molecule has 6 rings (SSSR count). The summed E-state index contributed by atoms with van der Waals surface area (Å²) in [4.78, 5) is 31.1. The molecule has 3 nitrogen and oxygen atoms in total. The smallest absolute Gasteiger partial charge is 0.263 e. The molecular formula is C34H31NO2S. The summed E-state index contributed by atoms with van der Waals surface area (Å²) in [7, 11) is 0. The predicted molar refractivity (Wildman–Crippen MR) is 159 cm³/mol. The van der Waals surface area contributed by atoms with Gasteiger partial charge < -0.3 is 0 Å². The first-order chi connectivity index (χ1) is 18.7. The first-order valence-electron chi connectivity index (χ1n) is 13.7. The quantitative estimate of drug-likeness (QED) is 0.144. The molecule has 1 aliphatic heterocycles. The van der Waals surface area contributed by atoms with Crippen LogP contribution in [0.2, 0.25) is 0 Å². The third-order valence-electron chi connectivity index (χ3n) is 7.63. The van der Waals surface area contributed by atoms with Crippen molar-refractivity contribution in [1.82, 2.24) is 4.90 Å². The Labute approximate surface area is 227 Å². The van der Waals surface area contributed by atoms with E-state index in [1.165, 1.54) is 24.2 Å². The molecule has 0 unspecified atom stereocenters. The summed E-state index contributed by atoms with van der Waals surface area (Å²) >= 11 is 1.58. The van der Waals surface area contributed by atoms with Crippen LogP contribution >= 0.6 is 11.3 Å². The second kappa shape index (κ2) is 10.5. The van der Waals surface area contributed by atoms with Crippen molar-refractivity contribution < 1.29 is 9.59 Å². The van der Waals surface area contributed by atoms with E-state index in [4.69, 9.17) is 0 Å². The molecule has 0 N–H and O–H groups in total. The maximum absolute atomic E-state index is 13.9. The normalized spacial score (nSPS) is 13.1. The molecule has 2 amide bonds. The SMILES string of the molecule is CCCCCCCCN1C(=O)c2c(-c3cccc4ccccc34)sc(-c3cccc4ccccc34)c2C1=O. The lowest BCUT2D eigenvalue weighted by Gasteiger charge is -2.15. The van der Waals surface area contributed by atoms with Crippen molar-refractivity contribution in [3.8, 4) is 20.9 Å². The molecule has 0 aliphatic carbocycles. The van der Waals surface area contributed by atoms with Crippen LogP contribution in [0.4, 0.5) is 0 Å². The fraction of sp³-hybridized carbons (Fsp3) is 0.235. The zero-order valence-corrected chi connectivity index (χ0v) is 22.5. The van der Waals surface area contributed by atoms with Crippen LogP contribution in [-0.2, 0) is 0 Å². The maximum atomic E-state index is 13.9. The van der Waals surface area contributed by atoms with Crippen LogP contribution in [-0.4, -0.2) is 23.3 Å². The second-order valence-corrected chi connectivity index (χ2v) is 11.1. The first-order valence-corrected chi connectivity index (χ1v) is 14.5. The number of unbranched alkanes of at least 4 members (excludes halogenated alkanes) is 5. The van der Waals surface area contributed by atoms with Gasteiger partial charge in [0.1, 0.15) is 0 Å². The minimum absolute atomic E-state index is 0.149. The Kier molecular flexibility index (Phi) is 6.82. The Balaban J connectivity index is 1.48. The Bertz CT molecular complexity index is 1540. The highest BCUT2D eigenvalue weighted by Crippen LogP contribution is 2.49. The second-order valence-electron chi connectivity index (χ2n) is 10.1. The predicted octanol–water partition coefficient (Wildman–Crippen LogP) is 9.34. The van der Waals surface area contributed by atoms with Gasteiger partial charge in [-0.2, -0.15) is 0 Å². The molecule has 0 spiro atoms. The van der Waals surface area contributed by atoms with Gasteiger partial charge in [0.25, 0.3) is 11.8 Å². The lowest BCUT2D eigenvalue weighted by Crippen LogP contribution is -2.31. The average Bonchev–Trinajstić information content (AvgIpc) is 3.46. The van der Waals surface area contributed by atoms with E-state index in [1.807, 2.05) is 36.4 Å². The largest absolute Gasteiger partial charge is 0.274 e. The Hall–Kier alpha value is -3.76. The van der Waals surface area contributed by atoms with E-state index in [9.17, 15) is 9.59 Å². The molecule has 38 heavy (non-hydrogen) atoms. The molecule has 4 heteroatoms. The van der Waals surface area contributed by atoms with Gasteiger partial charge >= 0.3 is 0 Å². The van der Waals surface area contributed by atoms with Gasteiger partial charge in [-0.05, 0) is 28.0 Å². The van der Waals surface area contributed by atoms with Crippen LogP contribution in [0, 0.1) is 0 Å². The fourth-order valence-electron chi connectivity index (χ4n) is 5.68. The molecule has 0 saturated carbocycles. The Morgan fingerprint density at radius 2 is 1.05 bits per heavy atom. The highest BCUT2D eigenvalue weighted by Gasteiger charge is 2.42. The number of imide groups is 1. The van der Waals surface area contributed by atoms with E-state index in [-0.39, 0.29) is 11.8 Å². The van der Waals surface area contributed by atoms with Gasteiger partial charge in [0.2, 0.25) is 0 Å². The number of rotatable bonds is 9. The molecule has 0 bridgehead atoms. The molecule has 0 atom stereocenters. The standard InChI is InChI=1S/C34H31NO2S/c1-2-3-4-5-6-11-22-35-33(36)29-30(34(35)37)32(28-21-13-17-24-15-8-10-19-26(24)28)38-31(29)27-20-12-16-23-14-7-9-18-25(23)27/h7-10,12-21H,2-6,11,22H2,1H3. The highest BCUT2D eigenvalue weighted by molar-refractivity contribution is 7.20. The number of carbonyl (C=O) groups excluding carboxylic acids is 2. The maximum Gasteiger partial charge on any atom is 0.263 e. The molecule has 0 radical (unpaired) electrons. The summed E-state index contributed by atoms with van der Waals surface area (Å²) < 4.78 is 0. The number of carbonyl (C=O) groups is 2. The monoisotopic (exact) mass is 517 g/mol. The zero-order valence-electron chi connectivity index (χ0n) is 21.7. The van der Waals surface area contributed by atoms with Gasteiger partial charge in [-0.25, -0.2) is 0 Å². The average molecular weight is 518 g/mol. The molecule has 1 aliphatic rings. The van der Waals surface area contributed by atoms with Gasteiger partial charge in [-0.3, -0.25) is 14.5 Å². The van der Waals surface area contributed by atoms with Gasteiger partial charge in [-0.1, -0.05) is 124 Å². The van der Waals surface area contributed by atoms with Crippen LogP contribution in [0.5, 0.6) is 0 Å². The van der Waals surface area contributed by atoms with Crippen LogP contribution < -0.4 is 0 Å². The number of hydrogen-bond donors (Lipinski definition) is 0. The molecule has 5 aromatic rings. The van der Waals surface area contributed by atoms with Gasteiger partial charge in [0.05, 0.1) is 11.1 Å². The van der Waals surface area contributed by atoms with Crippen molar-refractivity contribution in [2.24, 2.45) is 0 Å². The van der Waals surface area contributed by atoms with Crippen molar-refractivity contribution in [3.05, 3.63) is 96.1 Å². The number of thiophene rings is 1. The van der Waals surface area contributed by atoms with E-state index in [2.05, 4.69) is 55.5 Å². The van der Waals surface area contributed by atoms with E-state index in [0.29, 0.717) is 17.7 Å². The number of hydrogen-bond acceptors (Lipinski definition) is 3. The molecule has 4 aromatic carbocycles. The van der Waals surface area contributed by atoms with E-state index >= 15 is 0 Å². The van der Waals surface area contributed by atoms with Crippen molar-refractivity contribution >= 4 is 44.7 Å². The summed E-state index contributed by atoms with van der Waals surface area (Å²) in [6.07, 6.45) is 6.69.